The maximum Gasteiger partial charge on any atom is 0.340 e. The maximum atomic E-state index is 12.8. The minimum Gasteiger partial charge on any atom is -0.465 e. The van der Waals surface area contributed by atoms with Crippen molar-refractivity contribution in [2.24, 2.45) is 0 Å². The number of pyridine rings is 1. The minimum absolute atomic E-state index is 0.0139. The van der Waals surface area contributed by atoms with Crippen LogP contribution in [0.4, 0.5) is 0 Å². The van der Waals surface area contributed by atoms with E-state index in [4.69, 9.17) is 0 Å². The summed E-state index contributed by atoms with van der Waals surface area (Å²) in [7, 11) is 2.91. The lowest BCUT2D eigenvalue weighted by Gasteiger charge is -2.28. The Morgan fingerprint density at radius 1 is 1.30 bits per heavy atom. The highest BCUT2D eigenvalue weighted by atomic mass is 16.5. The van der Waals surface area contributed by atoms with Crippen molar-refractivity contribution in [1.29, 1.82) is 0 Å². The molecule has 0 spiro atoms. The molecule has 0 atom stereocenters. The van der Waals surface area contributed by atoms with Gasteiger partial charge in [0.2, 0.25) is 5.91 Å². The fourth-order valence-corrected chi connectivity index (χ4v) is 1.92. The van der Waals surface area contributed by atoms with Gasteiger partial charge in [-0.05, 0) is 32.9 Å². The molecule has 0 fully saturated rings. The van der Waals surface area contributed by atoms with E-state index in [0.29, 0.717) is 6.54 Å². The summed E-state index contributed by atoms with van der Waals surface area (Å²) in [5.41, 5.74) is 0.0712. The lowest BCUT2D eigenvalue weighted by atomic mass is 10.1. The molecule has 7 heteroatoms. The maximum absolute atomic E-state index is 12.8. The summed E-state index contributed by atoms with van der Waals surface area (Å²) in [4.78, 5) is 43.6. The van der Waals surface area contributed by atoms with E-state index in [9.17, 15) is 14.4 Å². The van der Waals surface area contributed by atoms with E-state index < -0.39 is 11.9 Å². The molecule has 0 bridgehead atoms. The molecule has 1 aromatic heterocycles. The van der Waals surface area contributed by atoms with Gasteiger partial charge in [0.25, 0.3) is 5.91 Å². The SMILES string of the molecule is CCN(C)C(=O)CN(C(=O)c1ncccc1C(=O)OC)C(C)C. The Labute approximate surface area is 136 Å². The average Bonchev–Trinajstić information content (AvgIpc) is 2.56. The standard InChI is InChI=1S/C16H23N3O4/c1-6-18(4)13(20)10-19(11(2)3)15(21)14-12(16(22)23-5)8-7-9-17-14/h7-9,11H,6,10H2,1-5H3. The van der Waals surface area contributed by atoms with Crippen LogP contribution in [0, 0.1) is 0 Å². The van der Waals surface area contributed by atoms with Gasteiger partial charge in [-0.1, -0.05) is 0 Å². The van der Waals surface area contributed by atoms with Crippen molar-refractivity contribution < 1.29 is 19.1 Å². The number of carbonyl (C=O) groups excluding carboxylic acids is 3. The number of carbonyl (C=O) groups is 3. The van der Waals surface area contributed by atoms with Crippen LogP contribution in [-0.4, -0.2) is 65.9 Å². The Morgan fingerprint density at radius 3 is 2.48 bits per heavy atom. The zero-order valence-electron chi connectivity index (χ0n) is 14.2. The molecule has 1 aromatic rings. The second-order valence-electron chi connectivity index (χ2n) is 5.33. The summed E-state index contributed by atoms with van der Waals surface area (Å²) in [6.07, 6.45) is 1.43. The molecule has 0 saturated carbocycles. The fraction of sp³-hybridized carbons (Fsp3) is 0.500. The van der Waals surface area contributed by atoms with Gasteiger partial charge in [-0.25, -0.2) is 4.79 Å². The summed E-state index contributed by atoms with van der Waals surface area (Å²) in [6, 6.07) is 2.81. The molecule has 1 rings (SSSR count). The first-order valence-corrected chi connectivity index (χ1v) is 7.41. The second kappa shape index (κ2) is 8.26. The van der Waals surface area contributed by atoms with E-state index in [1.165, 1.54) is 29.2 Å². The molecule has 126 valence electrons. The number of likely N-dealkylation sites (N-methyl/N-ethyl adjacent to an activating group) is 1. The Bertz CT molecular complexity index is 586. The van der Waals surface area contributed by atoms with Crippen molar-refractivity contribution in [1.82, 2.24) is 14.8 Å². The molecule has 0 radical (unpaired) electrons. The Morgan fingerprint density at radius 2 is 1.96 bits per heavy atom. The van der Waals surface area contributed by atoms with E-state index in [-0.39, 0.29) is 29.8 Å². The molecule has 7 nitrogen and oxygen atoms in total. The third-order valence-corrected chi connectivity index (χ3v) is 3.51. The summed E-state index contributed by atoms with van der Waals surface area (Å²) in [5, 5.41) is 0. The molecule has 0 unspecified atom stereocenters. The quantitative estimate of drug-likeness (QED) is 0.736. The van der Waals surface area contributed by atoms with Crippen LogP contribution in [0.3, 0.4) is 0 Å². The first-order chi connectivity index (χ1) is 10.8. The van der Waals surface area contributed by atoms with Gasteiger partial charge in [0.1, 0.15) is 12.2 Å². The van der Waals surface area contributed by atoms with Crippen molar-refractivity contribution in [3.05, 3.63) is 29.6 Å². The smallest absolute Gasteiger partial charge is 0.340 e. The summed E-state index contributed by atoms with van der Waals surface area (Å²) >= 11 is 0. The zero-order chi connectivity index (χ0) is 17.6. The molecule has 0 aromatic carbocycles. The molecular weight excluding hydrogens is 298 g/mol. The highest BCUT2D eigenvalue weighted by Gasteiger charge is 2.27. The molecule has 0 aliphatic heterocycles. The predicted octanol–water partition coefficient (Wildman–Crippen LogP) is 1.20. The molecule has 0 N–H and O–H groups in total. The zero-order valence-corrected chi connectivity index (χ0v) is 14.2. The fourth-order valence-electron chi connectivity index (χ4n) is 1.92. The molecular formula is C16H23N3O4. The normalized spacial score (nSPS) is 10.3. The third kappa shape index (κ3) is 4.51. The number of methoxy groups -OCH3 is 1. The van der Waals surface area contributed by atoms with Gasteiger partial charge in [-0.3, -0.25) is 14.6 Å². The van der Waals surface area contributed by atoms with Crippen molar-refractivity contribution >= 4 is 17.8 Å². The van der Waals surface area contributed by atoms with Gasteiger partial charge in [-0.15, -0.1) is 0 Å². The predicted molar refractivity (Wildman–Crippen MR) is 85.1 cm³/mol. The van der Waals surface area contributed by atoms with Gasteiger partial charge in [-0.2, -0.15) is 0 Å². The first kappa shape index (κ1) is 18.6. The molecule has 0 saturated heterocycles. The summed E-state index contributed by atoms with van der Waals surface area (Å²) in [5.74, 6) is -1.29. The topological polar surface area (TPSA) is 79.8 Å². The first-order valence-electron chi connectivity index (χ1n) is 7.41. The van der Waals surface area contributed by atoms with Crippen LogP contribution in [0.15, 0.2) is 18.3 Å². The van der Waals surface area contributed by atoms with Gasteiger partial charge < -0.3 is 14.5 Å². The largest absolute Gasteiger partial charge is 0.465 e. The lowest BCUT2D eigenvalue weighted by molar-refractivity contribution is -0.130. The van der Waals surface area contributed by atoms with Crippen LogP contribution >= 0.6 is 0 Å². The number of esters is 1. The van der Waals surface area contributed by atoms with Gasteiger partial charge in [0.15, 0.2) is 0 Å². The average molecular weight is 321 g/mol. The van der Waals surface area contributed by atoms with Crippen molar-refractivity contribution in [3.63, 3.8) is 0 Å². The van der Waals surface area contributed by atoms with Crippen LogP contribution < -0.4 is 0 Å². The van der Waals surface area contributed by atoms with Crippen LogP contribution in [0.25, 0.3) is 0 Å². The number of aromatic nitrogens is 1. The van der Waals surface area contributed by atoms with Gasteiger partial charge in [0, 0.05) is 25.8 Å². The van der Waals surface area contributed by atoms with Crippen molar-refractivity contribution in [2.75, 3.05) is 27.2 Å². The van der Waals surface area contributed by atoms with E-state index in [1.807, 2.05) is 6.92 Å². The number of nitrogens with zero attached hydrogens (tertiary/aromatic N) is 3. The van der Waals surface area contributed by atoms with Crippen LogP contribution in [0.2, 0.25) is 0 Å². The van der Waals surface area contributed by atoms with Gasteiger partial charge >= 0.3 is 5.97 Å². The number of hydrogen-bond donors (Lipinski definition) is 0. The highest BCUT2D eigenvalue weighted by Crippen LogP contribution is 2.13. The van der Waals surface area contributed by atoms with Crippen LogP contribution in [-0.2, 0) is 9.53 Å². The van der Waals surface area contributed by atoms with Crippen LogP contribution in [0.1, 0.15) is 41.6 Å². The Balaban J connectivity index is 3.13. The number of amides is 2. The van der Waals surface area contributed by atoms with Crippen molar-refractivity contribution in [3.8, 4) is 0 Å². The monoisotopic (exact) mass is 321 g/mol. The molecule has 23 heavy (non-hydrogen) atoms. The number of ether oxygens (including phenoxy) is 1. The van der Waals surface area contributed by atoms with E-state index in [2.05, 4.69) is 9.72 Å². The third-order valence-electron chi connectivity index (χ3n) is 3.51. The van der Waals surface area contributed by atoms with E-state index in [1.54, 1.807) is 27.0 Å². The molecule has 0 aliphatic rings. The molecule has 0 aliphatic carbocycles. The number of rotatable bonds is 6. The molecule has 2 amide bonds. The Kier molecular flexibility index (Phi) is 6.68. The van der Waals surface area contributed by atoms with E-state index in [0.717, 1.165) is 0 Å². The summed E-state index contributed by atoms with van der Waals surface area (Å²) in [6.45, 7) is 5.94. The minimum atomic E-state index is -0.637. The van der Waals surface area contributed by atoms with Crippen LogP contribution in [0.5, 0.6) is 0 Å². The molecule has 1 heterocycles. The Hall–Kier alpha value is -2.44. The highest BCUT2D eigenvalue weighted by molar-refractivity contribution is 6.04. The van der Waals surface area contributed by atoms with E-state index >= 15 is 0 Å². The van der Waals surface area contributed by atoms with Gasteiger partial charge in [0.05, 0.1) is 12.7 Å². The second-order valence-corrected chi connectivity index (χ2v) is 5.33. The summed E-state index contributed by atoms with van der Waals surface area (Å²) < 4.78 is 4.68. The lowest BCUT2D eigenvalue weighted by Crippen LogP contribution is -2.45. The van der Waals surface area contributed by atoms with Crippen molar-refractivity contribution in [2.45, 2.75) is 26.8 Å². The number of hydrogen-bond acceptors (Lipinski definition) is 5.